The zero-order chi connectivity index (χ0) is 16.0. The number of benzene rings is 1. The zero-order valence-corrected chi connectivity index (χ0v) is 13.3. The van der Waals surface area contributed by atoms with Crippen molar-refractivity contribution in [2.75, 3.05) is 18.4 Å². The number of nitrogens with two attached hydrogens (primary N) is 1. The predicted molar refractivity (Wildman–Crippen MR) is 85.8 cm³/mol. The van der Waals surface area contributed by atoms with E-state index in [9.17, 15) is 8.42 Å². The van der Waals surface area contributed by atoms with Gasteiger partial charge in [0.2, 0.25) is 0 Å². The van der Waals surface area contributed by atoms with Gasteiger partial charge in [-0.05, 0) is 25.1 Å². The summed E-state index contributed by atoms with van der Waals surface area (Å²) in [6.07, 6.45) is 2.44. The van der Waals surface area contributed by atoms with Gasteiger partial charge in [0, 0.05) is 31.4 Å². The van der Waals surface area contributed by atoms with Crippen LogP contribution in [-0.4, -0.2) is 31.3 Å². The van der Waals surface area contributed by atoms with Gasteiger partial charge in [0.1, 0.15) is 0 Å². The van der Waals surface area contributed by atoms with Crippen LogP contribution in [0.1, 0.15) is 12.0 Å². The van der Waals surface area contributed by atoms with Gasteiger partial charge in [0.05, 0.1) is 6.20 Å². The lowest BCUT2D eigenvalue weighted by Gasteiger charge is -2.08. The van der Waals surface area contributed by atoms with Gasteiger partial charge in [-0.1, -0.05) is 18.2 Å². The minimum absolute atomic E-state index is 0.0578. The lowest BCUT2D eigenvalue weighted by molar-refractivity contribution is 0.572. The molecule has 0 spiro atoms. The summed E-state index contributed by atoms with van der Waals surface area (Å²) < 4.78 is 24.3. The number of hydrogen-bond donors (Lipinski definition) is 3. The number of rotatable bonds is 8. The minimum Gasteiger partial charge on any atom is -0.385 e. The highest BCUT2D eigenvalue weighted by Gasteiger charge is 2.18. The van der Waals surface area contributed by atoms with Gasteiger partial charge < -0.3 is 10.6 Å². The summed E-state index contributed by atoms with van der Waals surface area (Å²) in [5, 5.41) is 15.7. The Hall–Kier alpha value is -1.90. The van der Waals surface area contributed by atoms with Gasteiger partial charge in [-0.3, -0.25) is 4.68 Å². The van der Waals surface area contributed by atoms with Crippen LogP contribution in [0.3, 0.4) is 0 Å². The molecule has 0 aliphatic carbocycles. The highest BCUT2D eigenvalue weighted by Crippen LogP contribution is 2.12. The average Bonchev–Trinajstić information content (AvgIpc) is 2.85. The van der Waals surface area contributed by atoms with Crippen molar-refractivity contribution in [2.45, 2.75) is 18.0 Å². The van der Waals surface area contributed by atoms with Crippen LogP contribution in [-0.2, 0) is 23.6 Å². The lowest BCUT2D eigenvalue weighted by Crippen LogP contribution is -2.22. The first-order chi connectivity index (χ1) is 10.5. The summed E-state index contributed by atoms with van der Waals surface area (Å²) >= 11 is 0. The van der Waals surface area contributed by atoms with E-state index in [0.29, 0.717) is 12.1 Å². The van der Waals surface area contributed by atoms with Crippen LogP contribution in [0.25, 0.3) is 0 Å². The van der Waals surface area contributed by atoms with E-state index < -0.39 is 10.0 Å². The Bertz CT molecular complexity index is 697. The van der Waals surface area contributed by atoms with Gasteiger partial charge in [-0.2, -0.15) is 5.10 Å². The molecule has 0 saturated carbocycles. The number of aryl methyl sites for hydroxylation is 1. The maximum atomic E-state index is 11.5. The van der Waals surface area contributed by atoms with Crippen LogP contribution in [0, 0.1) is 0 Å². The molecule has 1 aromatic carbocycles. The fourth-order valence-electron chi connectivity index (χ4n) is 2.19. The van der Waals surface area contributed by atoms with Gasteiger partial charge in [-0.15, -0.1) is 0 Å². The number of para-hydroxylation sites is 1. The highest BCUT2D eigenvalue weighted by molar-refractivity contribution is 7.89. The van der Waals surface area contributed by atoms with Crippen molar-refractivity contribution < 1.29 is 8.42 Å². The maximum Gasteiger partial charge on any atom is 0.255 e. The Kier molecular flexibility index (Phi) is 5.53. The first-order valence-corrected chi connectivity index (χ1v) is 8.56. The smallest absolute Gasteiger partial charge is 0.255 e. The first-order valence-electron chi connectivity index (χ1n) is 7.02. The van der Waals surface area contributed by atoms with Crippen molar-refractivity contribution in [1.29, 1.82) is 0 Å². The molecule has 0 fully saturated rings. The van der Waals surface area contributed by atoms with Crippen molar-refractivity contribution in [3.63, 3.8) is 0 Å². The van der Waals surface area contributed by atoms with Crippen LogP contribution >= 0.6 is 0 Å². The Balaban J connectivity index is 1.74. The molecule has 4 N–H and O–H groups in total. The number of hydrogen-bond acceptors (Lipinski definition) is 5. The van der Waals surface area contributed by atoms with Crippen LogP contribution in [0.4, 0.5) is 5.69 Å². The molecule has 0 unspecified atom stereocenters. The fourth-order valence-corrected chi connectivity index (χ4v) is 3.09. The predicted octanol–water partition coefficient (Wildman–Crippen LogP) is 0.659. The molecule has 7 nitrogen and oxygen atoms in total. The molecule has 22 heavy (non-hydrogen) atoms. The molecule has 0 aliphatic rings. The largest absolute Gasteiger partial charge is 0.385 e. The monoisotopic (exact) mass is 323 g/mol. The summed E-state index contributed by atoms with van der Waals surface area (Å²) in [5.41, 5.74) is 1.67. The normalized spacial score (nSPS) is 11.5. The number of aromatic nitrogens is 2. The standard InChI is InChI=1S/C14H21N5O2S/c1-19-14(22(15,20)21)12(11-18-19)10-16-8-5-9-17-13-6-3-2-4-7-13/h2-4,6-7,11,16-17H,5,8-10H2,1H3,(H2,15,20,21). The van der Waals surface area contributed by atoms with E-state index in [4.69, 9.17) is 5.14 Å². The molecule has 0 aliphatic heterocycles. The molecule has 2 aromatic rings. The Morgan fingerprint density at radius 3 is 2.64 bits per heavy atom. The van der Waals surface area contributed by atoms with Crippen LogP contribution in [0.2, 0.25) is 0 Å². The molecule has 0 radical (unpaired) electrons. The van der Waals surface area contributed by atoms with E-state index in [-0.39, 0.29) is 5.03 Å². The van der Waals surface area contributed by atoms with E-state index in [1.54, 1.807) is 7.05 Å². The molecule has 120 valence electrons. The summed E-state index contributed by atoms with van der Waals surface area (Å²) in [5.74, 6) is 0. The quantitative estimate of drug-likeness (QED) is 0.619. The zero-order valence-electron chi connectivity index (χ0n) is 12.5. The molecular formula is C14H21N5O2S. The number of sulfonamides is 1. The number of anilines is 1. The number of primary sulfonamides is 1. The summed E-state index contributed by atoms with van der Waals surface area (Å²) in [6.45, 7) is 2.02. The number of nitrogens with one attached hydrogen (secondary N) is 2. The second-order valence-corrected chi connectivity index (χ2v) is 6.44. The van der Waals surface area contributed by atoms with E-state index in [1.807, 2.05) is 30.3 Å². The Morgan fingerprint density at radius 2 is 1.95 bits per heavy atom. The molecule has 0 saturated heterocycles. The second kappa shape index (κ2) is 7.39. The summed E-state index contributed by atoms with van der Waals surface area (Å²) in [6, 6.07) is 9.97. The molecule has 0 bridgehead atoms. The lowest BCUT2D eigenvalue weighted by atomic mass is 10.3. The van der Waals surface area contributed by atoms with Gasteiger partial charge in [-0.25, -0.2) is 13.6 Å². The molecule has 1 heterocycles. The average molecular weight is 323 g/mol. The van der Waals surface area contributed by atoms with Gasteiger partial charge in [0.25, 0.3) is 10.0 Å². The van der Waals surface area contributed by atoms with Crippen molar-refractivity contribution in [3.05, 3.63) is 42.1 Å². The SMILES string of the molecule is Cn1ncc(CNCCCNc2ccccc2)c1S(N)(=O)=O. The molecule has 2 rings (SSSR count). The highest BCUT2D eigenvalue weighted by atomic mass is 32.2. The van der Waals surface area contributed by atoms with Crippen LogP contribution in [0.5, 0.6) is 0 Å². The van der Waals surface area contributed by atoms with Crippen LogP contribution < -0.4 is 15.8 Å². The molecule has 0 atom stereocenters. The molecule has 0 amide bonds. The van der Waals surface area contributed by atoms with Gasteiger partial charge >= 0.3 is 0 Å². The Labute approximate surface area is 130 Å². The topological polar surface area (TPSA) is 102 Å². The third kappa shape index (κ3) is 4.55. The maximum absolute atomic E-state index is 11.5. The van der Waals surface area contributed by atoms with E-state index in [2.05, 4.69) is 15.7 Å². The minimum atomic E-state index is -3.76. The van der Waals surface area contributed by atoms with E-state index in [1.165, 1.54) is 10.9 Å². The van der Waals surface area contributed by atoms with E-state index in [0.717, 1.165) is 25.2 Å². The third-order valence-electron chi connectivity index (χ3n) is 3.17. The molecule has 8 heteroatoms. The summed E-state index contributed by atoms with van der Waals surface area (Å²) in [7, 11) is -2.19. The van der Waals surface area contributed by atoms with Crippen molar-refractivity contribution in [3.8, 4) is 0 Å². The molecular weight excluding hydrogens is 302 g/mol. The van der Waals surface area contributed by atoms with E-state index >= 15 is 0 Å². The van der Waals surface area contributed by atoms with Crippen molar-refractivity contribution >= 4 is 15.7 Å². The van der Waals surface area contributed by atoms with Crippen LogP contribution in [0.15, 0.2) is 41.6 Å². The van der Waals surface area contributed by atoms with Crippen molar-refractivity contribution in [1.82, 2.24) is 15.1 Å². The van der Waals surface area contributed by atoms with Gasteiger partial charge in [0.15, 0.2) is 5.03 Å². The van der Waals surface area contributed by atoms with Crippen molar-refractivity contribution in [2.24, 2.45) is 12.2 Å². The third-order valence-corrected chi connectivity index (χ3v) is 4.24. The molecule has 1 aromatic heterocycles. The number of nitrogens with zero attached hydrogens (tertiary/aromatic N) is 2. The Morgan fingerprint density at radius 1 is 1.23 bits per heavy atom. The fraction of sp³-hybridized carbons (Fsp3) is 0.357. The second-order valence-electron chi connectivity index (χ2n) is 4.97. The first kappa shape index (κ1) is 16.5. The summed E-state index contributed by atoms with van der Waals surface area (Å²) in [4.78, 5) is 0.